The second-order valence-corrected chi connectivity index (χ2v) is 4.38. The van der Waals surface area contributed by atoms with E-state index in [-0.39, 0.29) is 18.7 Å². The molecule has 1 atom stereocenters. The summed E-state index contributed by atoms with van der Waals surface area (Å²) in [6.07, 6.45) is 0.879. The lowest BCUT2D eigenvalue weighted by Crippen LogP contribution is -2.31. The van der Waals surface area contributed by atoms with Gasteiger partial charge < -0.3 is 14.8 Å². The first kappa shape index (κ1) is 12.0. The van der Waals surface area contributed by atoms with Crippen LogP contribution in [-0.4, -0.2) is 18.7 Å². The Hall–Kier alpha value is -1.42. The topological polar surface area (TPSA) is 47.6 Å². The van der Waals surface area contributed by atoms with E-state index in [4.69, 9.17) is 21.1 Å². The molecule has 5 heteroatoms. The smallest absolute Gasteiger partial charge is 0.251 e. The quantitative estimate of drug-likeness (QED) is 0.903. The molecule has 0 fully saturated rings. The number of fused-ring (bicyclic) bond motifs is 1. The van der Waals surface area contributed by atoms with Gasteiger partial charge in [0, 0.05) is 11.6 Å². The molecule has 0 aromatic heterocycles. The number of hydrogen-bond acceptors (Lipinski definition) is 3. The first-order chi connectivity index (χ1) is 8.11. The summed E-state index contributed by atoms with van der Waals surface area (Å²) < 4.78 is 10.4. The van der Waals surface area contributed by atoms with Gasteiger partial charge in [0.1, 0.15) is 0 Å². The monoisotopic (exact) mass is 255 g/mol. The van der Waals surface area contributed by atoms with E-state index >= 15 is 0 Å². The van der Waals surface area contributed by atoms with Gasteiger partial charge in [-0.25, -0.2) is 0 Å². The van der Waals surface area contributed by atoms with Crippen LogP contribution in [0.4, 0.5) is 0 Å². The van der Waals surface area contributed by atoms with E-state index < -0.39 is 0 Å². The molecule has 1 unspecified atom stereocenters. The van der Waals surface area contributed by atoms with E-state index in [1.165, 1.54) is 0 Å². The molecule has 1 aromatic carbocycles. The predicted octanol–water partition coefficient (Wildman–Crippen LogP) is 2.60. The Bertz CT molecular complexity index is 448. The zero-order chi connectivity index (χ0) is 12.4. The largest absolute Gasteiger partial charge is 0.454 e. The van der Waals surface area contributed by atoms with Gasteiger partial charge in [-0.1, -0.05) is 18.5 Å². The van der Waals surface area contributed by atoms with E-state index in [0.29, 0.717) is 22.1 Å². The number of ether oxygens (including phenoxy) is 2. The Kier molecular flexibility index (Phi) is 3.43. The first-order valence-corrected chi connectivity index (χ1v) is 5.89. The third-order valence-corrected chi connectivity index (χ3v) is 2.96. The summed E-state index contributed by atoms with van der Waals surface area (Å²) in [6, 6.07) is 3.37. The molecule has 0 radical (unpaired) electrons. The average molecular weight is 256 g/mol. The zero-order valence-corrected chi connectivity index (χ0v) is 10.5. The predicted molar refractivity (Wildman–Crippen MR) is 64.8 cm³/mol. The highest BCUT2D eigenvalue weighted by molar-refractivity contribution is 6.32. The van der Waals surface area contributed by atoms with Gasteiger partial charge >= 0.3 is 0 Å². The molecule has 17 heavy (non-hydrogen) atoms. The number of hydrogen-bond donors (Lipinski definition) is 1. The maximum atomic E-state index is 11.9. The number of amides is 1. The van der Waals surface area contributed by atoms with Crippen LogP contribution in [0.15, 0.2) is 12.1 Å². The van der Waals surface area contributed by atoms with Gasteiger partial charge in [0.15, 0.2) is 11.5 Å². The van der Waals surface area contributed by atoms with E-state index in [1.54, 1.807) is 12.1 Å². The average Bonchev–Trinajstić information content (AvgIpc) is 2.77. The van der Waals surface area contributed by atoms with Crippen LogP contribution >= 0.6 is 11.6 Å². The maximum absolute atomic E-state index is 11.9. The van der Waals surface area contributed by atoms with E-state index in [9.17, 15) is 4.79 Å². The molecule has 1 aliphatic rings. The van der Waals surface area contributed by atoms with Crippen molar-refractivity contribution in [2.24, 2.45) is 0 Å². The fourth-order valence-electron chi connectivity index (χ4n) is 1.51. The van der Waals surface area contributed by atoms with Gasteiger partial charge in [-0.15, -0.1) is 0 Å². The molecule has 4 nitrogen and oxygen atoms in total. The Balaban J connectivity index is 2.22. The van der Waals surface area contributed by atoms with Crippen LogP contribution < -0.4 is 14.8 Å². The third-order valence-electron chi connectivity index (χ3n) is 2.68. The second-order valence-electron chi connectivity index (χ2n) is 3.97. The van der Waals surface area contributed by atoms with Crippen LogP contribution in [0.25, 0.3) is 0 Å². The van der Waals surface area contributed by atoms with E-state index in [2.05, 4.69) is 5.32 Å². The molecule has 1 aliphatic heterocycles. The van der Waals surface area contributed by atoms with E-state index in [1.807, 2.05) is 13.8 Å². The highest BCUT2D eigenvalue weighted by Crippen LogP contribution is 2.39. The lowest BCUT2D eigenvalue weighted by Gasteiger charge is -2.11. The van der Waals surface area contributed by atoms with Crippen molar-refractivity contribution in [3.63, 3.8) is 0 Å². The normalized spacial score (nSPS) is 14.5. The van der Waals surface area contributed by atoms with Crippen molar-refractivity contribution in [2.45, 2.75) is 26.3 Å². The number of nitrogens with one attached hydrogen (secondary N) is 1. The van der Waals surface area contributed by atoms with Gasteiger partial charge in [0.05, 0.1) is 5.02 Å². The van der Waals surface area contributed by atoms with Crippen molar-refractivity contribution in [3.05, 3.63) is 22.7 Å². The fraction of sp³-hybridized carbons (Fsp3) is 0.417. The van der Waals surface area contributed by atoms with Crippen LogP contribution in [0, 0.1) is 0 Å². The molecular weight excluding hydrogens is 242 g/mol. The molecule has 0 saturated carbocycles. The molecule has 1 aromatic rings. The molecule has 92 valence electrons. The Morgan fingerprint density at radius 2 is 2.29 bits per heavy atom. The summed E-state index contributed by atoms with van der Waals surface area (Å²) in [5.41, 5.74) is 0.486. The van der Waals surface area contributed by atoms with Gasteiger partial charge in [-0.05, 0) is 25.5 Å². The van der Waals surface area contributed by atoms with E-state index in [0.717, 1.165) is 6.42 Å². The van der Waals surface area contributed by atoms with Gasteiger partial charge in [0.2, 0.25) is 6.79 Å². The molecule has 0 saturated heterocycles. The first-order valence-electron chi connectivity index (χ1n) is 5.51. The van der Waals surface area contributed by atoms with Gasteiger partial charge in [0.25, 0.3) is 5.91 Å². The molecule has 1 heterocycles. The molecule has 1 N–H and O–H groups in total. The number of carbonyl (C=O) groups is 1. The summed E-state index contributed by atoms with van der Waals surface area (Å²) >= 11 is 6.00. The molecule has 1 amide bonds. The molecule has 0 bridgehead atoms. The standard InChI is InChI=1S/C12H14ClNO3/c1-3-7(2)14-12(15)8-4-9(13)11-10(5-8)16-6-17-11/h4-5,7H,3,6H2,1-2H3,(H,14,15). The van der Waals surface area contributed by atoms with Crippen LogP contribution in [0.5, 0.6) is 11.5 Å². The number of halogens is 1. The van der Waals surface area contributed by atoms with Crippen LogP contribution in [-0.2, 0) is 0 Å². The van der Waals surface area contributed by atoms with Crippen molar-refractivity contribution in [1.82, 2.24) is 5.32 Å². The van der Waals surface area contributed by atoms with Crippen LogP contribution in [0.3, 0.4) is 0 Å². The maximum Gasteiger partial charge on any atom is 0.251 e. The Morgan fingerprint density at radius 1 is 1.53 bits per heavy atom. The summed E-state index contributed by atoms with van der Waals surface area (Å²) in [5.74, 6) is 0.873. The summed E-state index contributed by atoms with van der Waals surface area (Å²) in [7, 11) is 0. The number of rotatable bonds is 3. The summed E-state index contributed by atoms with van der Waals surface area (Å²) in [4.78, 5) is 11.9. The van der Waals surface area contributed by atoms with Crippen molar-refractivity contribution in [2.75, 3.05) is 6.79 Å². The van der Waals surface area contributed by atoms with Gasteiger partial charge in [-0.3, -0.25) is 4.79 Å². The second kappa shape index (κ2) is 4.84. The lowest BCUT2D eigenvalue weighted by molar-refractivity contribution is 0.0939. The summed E-state index contributed by atoms with van der Waals surface area (Å²) in [5, 5.41) is 3.27. The molecular formula is C12H14ClNO3. The molecule has 0 spiro atoms. The number of benzene rings is 1. The SMILES string of the molecule is CCC(C)NC(=O)c1cc(Cl)c2c(c1)OCO2. The van der Waals surface area contributed by atoms with Crippen molar-refractivity contribution >= 4 is 17.5 Å². The zero-order valence-electron chi connectivity index (χ0n) is 9.75. The van der Waals surface area contributed by atoms with Crippen molar-refractivity contribution in [3.8, 4) is 11.5 Å². The minimum Gasteiger partial charge on any atom is -0.454 e. The third kappa shape index (κ3) is 2.47. The molecule has 0 aliphatic carbocycles. The lowest BCUT2D eigenvalue weighted by atomic mass is 10.1. The van der Waals surface area contributed by atoms with Gasteiger partial charge in [-0.2, -0.15) is 0 Å². The van der Waals surface area contributed by atoms with Crippen molar-refractivity contribution in [1.29, 1.82) is 0 Å². The summed E-state index contributed by atoms with van der Waals surface area (Å²) in [6.45, 7) is 4.11. The van der Waals surface area contributed by atoms with Crippen LogP contribution in [0.1, 0.15) is 30.6 Å². The fourth-order valence-corrected chi connectivity index (χ4v) is 1.77. The number of carbonyl (C=O) groups excluding carboxylic acids is 1. The highest BCUT2D eigenvalue weighted by atomic mass is 35.5. The Morgan fingerprint density at radius 3 is 3.00 bits per heavy atom. The highest BCUT2D eigenvalue weighted by Gasteiger charge is 2.20. The van der Waals surface area contributed by atoms with Crippen molar-refractivity contribution < 1.29 is 14.3 Å². The molecule has 2 rings (SSSR count). The minimum absolute atomic E-state index is 0.131. The Labute approximate surface area is 105 Å². The van der Waals surface area contributed by atoms with Crippen LogP contribution in [0.2, 0.25) is 5.02 Å². The minimum atomic E-state index is -0.153.